The van der Waals surface area contributed by atoms with E-state index < -0.39 is 18.0 Å². The van der Waals surface area contributed by atoms with Gasteiger partial charge in [-0.05, 0) is 0 Å². The van der Waals surface area contributed by atoms with Crippen LogP contribution in [0, 0.1) is 0 Å². The topological polar surface area (TPSA) is 61.8 Å². The highest BCUT2D eigenvalue weighted by atomic mass is 16.6. The molecule has 0 spiro atoms. The molecule has 0 rings (SSSR count). The zero-order valence-electron chi connectivity index (χ0n) is 8.32. The molecule has 0 aromatic carbocycles. The molecule has 0 bridgehead atoms. The van der Waals surface area contributed by atoms with Crippen molar-refractivity contribution in [2.75, 3.05) is 13.2 Å². The monoisotopic (exact) mass is 202 g/mol. The van der Waals surface area contributed by atoms with E-state index in [0.29, 0.717) is 0 Å². The summed E-state index contributed by atoms with van der Waals surface area (Å²) in [6, 6.07) is 0. The van der Waals surface area contributed by atoms with E-state index in [9.17, 15) is 9.59 Å². The highest BCUT2D eigenvalue weighted by molar-refractivity contribution is 5.67. The van der Waals surface area contributed by atoms with Crippen molar-refractivity contribution in [2.24, 2.45) is 0 Å². The quantitative estimate of drug-likeness (QED) is 0.467. The van der Waals surface area contributed by atoms with Crippen LogP contribution in [0.5, 0.6) is 0 Å². The SMILES string of the molecule is C=COCC(COC(C)=O)OC(C)=O. The van der Waals surface area contributed by atoms with Crippen molar-refractivity contribution in [1.82, 2.24) is 0 Å². The Balaban J connectivity index is 3.89. The van der Waals surface area contributed by atoms with Crippen molar-refractivity contribution in [3.05, 3.63) is 12.8 Å². The Labute approximate surface area is 82.6 Å². The van der Waals surface area contributed by atoms with Gasteiger partial charge in [-0.15, -0.1) is 0 Å². The van der Waals surface area contributed by atoms with Crippen LogP contribution in [0.15, 0.2) is 12.8 Å². The van der Waals surface area contributed by atoms with Gasteiger partial charge in [-0.3, -0.25) is 9.59 Å². The summed E-state index contributed by atoms with van der Waals surface area (Å²) in [5.74, 6) is -0.879. The maximum Gasteiger partial charge on any atom is 0.303 e. The van der Waals surface area contributed by atoms with Crippen LogP contribution in [0.4, 0.5) is 0 Å². The molecule has 0 amide bonds. The predicted octanol–water partition coefficient (Wildman–Crippen LogP) is 0.641. The fourth-order valence-corrected chi connectivity index (χ4v) is 0.737. The Kier molecular flexibility index (Phi) is 6.19. The van der Waals surface area contributed by atoms with Crippen molar-refractivity contribution in [2.45, 2.75) is 20.0 Å². The number of rotatable bonds is 6. The minimum absolute atomic E-state index is 0.0112. The first kappa shape index (κ1) is 12.5. The molecular weight excluding hydrogens is 188 g/mol. The molecule has 0 aliphatic heterocycles. The number of carbonyl (C=O) groups excluding carboxylic acids is 2. The van der Waals surface area contributed by atoms with E-state index >= 15 is 0 Å². The summed E-state index contributed by atoms with van der Waals surface area (Å²) in [5.41, 5.74) is 0. The van der Waals surface area contributed by atoms with Crippen molar-refractivity contribution < 1.29 is 23.8 Å². The van der Waals surface area contributed by atoms with E-state index in [2.05, 4.69) is 11.3 Å². The van der Waals surface area contributed by atoms with Crippen molar-refractivity contribution in [1.29, 1.82) is 0 Å². The van der Waals surface area contributed by atoms with Gasteiger partial charge in [0.15, 0.2) is 6.10 Å². The fraction of sp³-hybridized carbons (Fsp3) is 0.556. The number of carbonyl (C=O) groups is 2. The van der Waals surface area contributed by atoms with Gasteiger partial charge in [-0.1, -0.05) is 6.58 Å². The summed E-state index contributed by atoms with van der Waals surface area (Å²) >= 11 is 0. The average molecular weight is 202 g/mol. The molecule has 0 fully saturated rings. The maximum absolute atomic E-state index is 10.6. The van der Waals surface area contributed by atoms with Crippen molar-refractivity contribution in [3.8, 4) is 0 Å². The molecule has 0 saturated carbocycles. The Hall–Kier alpha value is -1.52. The first-order valence-electron chi connectivity index (χ1n) is 4.09. The van der Waals surface area contributed by atoms with Crippen LogP contribution in [-0.4, -0.2) is 31.3 Å². The van der Waals surface area contributed by atoms with E-state index in [-0.39, 0.29) is 13.2 Å². The highest BCUT2D eigenvalue weighted by Crippen LogP contribution is 1.96. The summed E-state index contributed by atoms with van der Waals surface area (Å²) < 4.78 is 14.3. The number of esters is 2. The van der Waals surface area contributed by atoms with E-state index in [1.807, 2.05) is 0 Å². The van der Waals surface area contributed by atoms with E-state index in [4.69, 9.17) is 9.47 Å². The van der Waals surface area contributed by atoms with Gasteiger partial charge >= 0.3 is 11.9 Å². The second kappa shape index (κ2) is 6.94. The minimum Gasteiger partial charge on any atom is -0.498 e. The Bertz CT molecular complexity index is 211. The van der Waals surface area contributed by atoms with Gasteiger partial charge in [-0.2, -0.15) is 0 Å². The molecule has 0 aromatic heterocycles. The van der Waals surface area contributed by atoms with Crippen molar-refractivity contribution >= 4 is 11.9 Å². The van der Waals surface area contributed by atoms with Crippen molar-refractivity contribution in [3.63, 3.8) is 0 Å². The van der Waals surface area contributed by atoms with Crippen LogP contribution >= 0.6 is 0 Å². The van der Waals surface area contributed by atoms with Gasteiger partial charge in [-0.25, -0.2) is 0 Å². The lowest BCUT2D eigenvalue weighted by Crippen LogP contribution is -2.27. The maximum atomic E-state index is 10.6. The molecule has 80 valence electrons. The van der Waals surface area contributed by atoms with Gasteiger partial charge in [0.2, 0.25) is 0 Å². The predicted molar refractivity (Wildman–Crippen MR) is 48.3 cm³/mol. The molecule has 0 heterocycles. The molecule has 1 unspecified atom stereocenters. The zero-order chi connectivity index (χ0) is 11.0. The minimum atomic E-state index is -0.589. The molecule has 5 nitrogen and oxygen atoms in total. The first-order chi connectivity index (χ1) is 6.56. The second-order valence-corrected chi connectivity index (χ2v) is 2.53. The summed E-state index contributed by atoms with van der Waals surface area (Å²) in [4.78, 5) is 21.1. The lowest BCUT2D eigenvalue weighted by molar-refractivity contribution is -0.158. The molecule has 5 heteroatoms. The number of hydrogen-bond acceptors (Lipinski definition) is 5. The molecule has 0 aliphatic carbocycles. The van der Waals surface area contributed by atoms with E-state index in [1.54, 1.807) is 0 Å². The Morgan fingerprint density at radius 2 is 1.93 bits per heavy atom. The normalized spacial score (nSPS) is 11.3. The first-order valence-corrected chi connectivity index (χ1v) is 4.09. The third kappa shape index (κ3) is 7.15. The average Bonchev–Trinajstić information content (AvgIpc) is 2.09. The van der Waals surface area contributed by atoms with Gasteiger partial charge < -0.3 is 14.2 Å². The summed E-state index contributed by atoms with van der Waals surface area (Å²) in [6.07, 6.45) is 0.638. The molecule has 0 saturated heterocycles. The fourth-order valence-electron chi connectivity index (χ4n) is 0.737. The second-order valence-electron chi connectivity index (χ2n) is 2.53. The number of ether oxygens (including phenoxy) is 3. The van der Waals surface area contributed by atoms with Gasteiger partial charge in [0.05, 0.1) is 6.26 Å². The standard InChI is InChI=1S/C9H14O5/c1-4-12-5-9(14-8(3)11)6-13-7(2)10/h4,9H,1,5-6H2,2-3H3. The Morgan fingerprint density at radius 3 is 2.36 bits per heavy atom. The highest BCUT2D eigenvalue weighted by Gasteiger charge is 2.13. The molecule has 0 N–H and O–H groups in total. The smallest absolute Gasteiger partial charge is 0.303 e. The van der Waals surface area contributed by atoms with E-state index in [0.717, 1.165) is 0 Å². The van der Waals surface area contributed by atoms with Gasteiger partial charge in [0.1, 0.15) is 13.2 Å². The van der Waals surface area contributed by atoms with E-state index in [1.165, 1.54) is 20.1 Å². The zero-order valence-corrected chi connectivity index (χ0v) is 8.32. The summed E-state index contributed by atoms with van der Waals surface area (Å²) in [6.45, 7) is 6.00. The third-order valence-corrected chi connectivity index (χ3v) is 1.21. The molecule has 0 aliphatic rings. The van der Waals surface area contributed by atoms with Crippen LogP contribution in [0.3, 0.4) is 0 Å². The largest absolute Gasteiger partial charge is 0.498 e. The number of hydrogen-bond donors (Lipinski definition) is 0. The van der Waals surface area contributed by atoms with Gasteiger partial charge in [0, 0.05) is 13.8 Å². The molecule has 0 radical (unpaired) electrons. The van der Waals surface area contributed by atoms with Crippen LogP contribution in [-0.2, 0) is 23.8 Å². The summed E-state index contributed by atoms with van der Waals surface area (Å²) in [5, 5.41) is 0. The molecule has 14 heavy (non-hydrogen) atoms. The van der Waals surface area contributed by atoms with Crippen LogP contribution < -0.4 is 0 Å². The molecule has 0 aromatic rings. The lowest BCUT2D eigenvalue weighted by Gasteiger charge is -2.15. The van der Waals surface area contributed by atoms with Crippen LogP contribution in [0.2, 0.25) is 0 Å². The summed E-state index contributed by atoms with van der Waals surface area (Å²) in [7, 11) is 0. The van der Waals surface area contributed by atoms with Crippen LogP contribution in [0.1, 0.15) is 13.8 Å². The lowest BCUT2D eigenvalue weighted by atomic mass is 10.4. The van der Waals surface area contributed by atoms with Crippen LogP contribution in [0.25, 0.3) is 0 Å². The third-order valence-electron chi connectivity index (χ3n) is 1.21. The Morgan fingerprint density at radius 1 is 1.29 bits per heavy atom. The van der Waals surface area contributed by atoms with Gasteiger partial charge in [0.25, 0.3) is 0 Å². The molecule has 1 atom stereocenters. The molecular formula is C9H14O5.